The zero-order chi connectivity index (χ0) is 17.8. The van der Waals surface area contributed by atoms with Crippen LogP contribution in [-0.4, -0.2) is 24.5 Å². The average molecular weight is 341 g/mol. The summed E-state index contributed by atoms with van der Waals surface area (Å²) in [5.41, 5.74) is 2.49. The van der Waals surface area contributed by atoms with Gasteiger partial charge in [-0.05, 0) is 36.8 Å². The van der Waals surface area contributed by atoms with E-state index in [0.717, 1.165) is 24.3 Å². The molecule has 0 aromatic heterocycles. The Hall–Kier alpha value is -3.09. The van der Waals surface area contributed by atoms with Crippen LogP contribution in [0.25, 0.3) is 0 Å². The Morgan fingerprint density at radius 1 is 1.24 bits per heavy atom. The van der Waals surface area contributed by atoms with Gasteiger partial charge >= 0.3 is 0 Å². The first kappa shape index (κ1) is 16.8. The number of nitrogens with one attached hydrogen (secondary N) is 1. The van der Waals surface area contributed by atoms with Crippen LogP contribution in [0.2, 0.25) is 0 Å². The summed E-state index contributed by atoms with van der Waals surface area (Å²) in [5.74, 6) is 0.749. The van der Waals surface area contributed by atoms with E-state index in [1.807, 2.05) is 24.3 Å². The molecule has 0 atom stereocenters. The molecule has 3 rings (SSSR count). The highest BCUT2D eigenvalue weighted by Crippen LogP contribution is 2.26. The lowest BCUT2D eigenvalue weighted by molar-refractivity contribution is -0.384. The van der Waals surface area contributed by atoms with Crippen LogP contribution in [0, 0.1) is 10.1 Å². The van der Waals surface area contributed by atoms with Gasteiger partial charge in [-0.15, -0.1) is 0 Å². The summed E-state index contributed by atoms with van der Waals surface area (Å²) in [6.45, 7) is 1.16. The van der Waals surface area contributed by atoms with Crippen LogP contribution < -0.4 is 15.0 Å². The van der Waals surface area contributed by atoms with Crippen LogP contribution in [0.4, 0.5) is 17.1 Å². The van der Waals surface area contributed by atoms with Crippen molar-refractivity contribution in [3.63, 3.8) is 0 Å². The Balaban J connectivity index is 1.70. The van der Waals surface area contributed by atoms with Gasteiger partial charge in [0.2, 0.25) is 5.91 Å². The molecule has 1 aliphatic rings. The van der Waals surface area contributed by atoms with Gasteiger partial charge in [-0.1, -0.05) is 0 Å². The van der Waals surface area contributed by atoms with E-state index in [-0.39, 0.29) is 11.6 Å². The number of amides is 1. The quantitative estimate of drug-likeness (QED) is 0.643. The molecule has 1 heterocycles. The van der Waals surface area contributed by atoms with Gasteiger partial charge in [0.25, 0.3) is 5.69 Å². The number of ether oxygens (including phenoxy) is 1. The molecule has 25 heavy (non-hydrogen) atoms. The van der Waals surface area contributed by atoms with Crippen LogP contribution >= 0.6 is 0 Å². The predicted octanol–water partition coefficient (Wildman–Crippen LogP) is 3.34. The SMILES string of the molecule is COc1ccc([N+](=O)[O-])cc1CNc1ccc(N2CCCC2=O)cc1. The first-order chi connectivity index (χ1) is 12.1. The number of benzene rings is 2. The molecule has 7 heteroatoms. The van der Waals surface area contributed by atoms with Gasteiger partial charge in [0, 0.05) is 48.6 Å². The van der Waals surface area contributed by atoms with E-state index in [4.69, 9.17) is 4.74 Å². The summed E-state index contributed by atoms with van der Waals surface area (Å²) in [5, 5.41) is 14.2. The van der Waals surface area contributed by atoms with Crippen molar-refractivity contribution in [3.05, 3.63) is 58.1 Å². The molecule has 0 spiro atoms. The largest absolute Gasteiger partial charge is 0.496 e. The van der Waals surface area contributed by atoms with Crippen LogP contribution in [0.3, 0.4) is 0 Å². The van der Waals surface area contributed by atoms with Gasteiger partial charge in [-0.3, -0.25) is 14.9 Å². The van der Waals surface area contributed by atoms with Gasteiger partial charge in [0.1, 0.15) is 5.75 Å². The van der Waals surface area contributed by atoms with Crippen LogP contribution in [0.5, 0.6) is 5.75 Å². The fraction of sp³-hybridized carbons (Fsp3) is 0.278. The van der Waals surface area contributed by atoms with Crippen molar-refractivity contribution in [1.82, 2.24) is 0 Å². The Labute approximate surface area is 145 Å². The highest BCUT2D eigenvalue weighted by atomic mass is 16.6. The van der Waals surface area contributed by atoms with E-state index in [9.17, 15) is 14.9 Å². The fourth-order valence-corrected chi connectivity index (χ4v) is 2.89. The number of hydrogen-bond acceptors (Lipinski definition) is 5. The summed E-state index contributed by atoms with van der Waals surface area (Å²) in [4.78, 5) is 24.1. The standard InChI is InChI=1S/C18H19N3O4/c1-25-17-9-8-16(21(23)24)11-13(17)12-19-14-4-6-15(7-5-14)20-10-2-3-18(20)22/h4-9,11,19H,2-3,10,12H2,1H3. The predicted molar refractivity (Wildman–Crippen MR) is 95.0 cm³/mol. The molecule has 130 valence electrons. The van der Waals surface area contributed by atoms with E-state index in [1.54, 1.807) is 11.0 Å². The number of carbonyl (C=O) groups excluding carboxylic acids is 1. The molecule has 2 aromatic rings. The highest BCUT2D eigenvalue weighted by Gasteiger charge is 2.21. The van der Waals surface area contributed by atoms with Gasteiger partial charge in [0.05, 0.1) is 12.0 Å². The first-order valence-corrected chi connectivity index (χ1v) is 8.04. The zero-order valence-electron chi connectivity index (χ0n) is 13.9. The van der Waals surface area contributed by atoms with Crippen molar-refractivity contribution in [3.8, 4) is 5.75 Å². The third kappa shape index (κ3) is 3.71. The summed E-state index contributed by atoms with van der Waals surface area (Å²) in [7, 11) is 1.53. The molecular weight excluding hydrogens is 322 g/mol. The Kier molecular flexibility index (Phi) is 4.83. The third-order valence-electron chi connectivity index (χ3n) is 4.21. The molecule has 1 aliphatic heterocycles. The number of rotatable bonds is 6. The maximum absolute atomic E-state index is 11.8. The molecule has 0 aliphatic carbocycles. The number of carbonyl (C=O) groups is 1. The lowest BCUT2D eigenvalue weighted by atomic mass is 10.1. The number of nitrogens with zero attached hydrogens (tertiary/aromatic N) is 2. The average Bonchev–Trinajstić information content (AvgIpc) is 3.06. The molecule has 0 saturated carbocycles. The van der Waals surface area contributed by atoms with Crippen molar-refractivity contribution in [1.29, 1.82) is 0 Å². The molecule has 7 nitrogen and oxygen atoms in total. The van der Waals surface area contributed by atoms with Gasteiger partial charge in [-0.2, -0.15) is 0 Å². The lowest BCUT2D eigenvalue weighted by Gasteiger charge is -2.16. The Morgan fingerprint density at radius 2 is 2.00 bits per heavy atom. The van der Waals surface area contributed by atoms with Gasteiger partial charge in [0.15, 0.2) is 0 Å². The van der Waals surface area contributed by atoms with E-state index in [2.05, 4.69) is 5.32 Å². The number of non-ortho nitro benzene ring substituents is 1. The van der Waals surface area contributed by atoms with Gasteiger partial charge < -0.3 is 15.0 Å². The van der Waals surface area contributed by atoms with Crippen molar-refractivity contribution in [2.45, 2.75) is 19.4 Å². The summed E-state index contributed by atoms with van der Waals surface area (Å²) in [6.07, 6.45) is 1.50. The zero-order valence-corrected chi connectivity index (χ0v) is 13.9. The molecule has 1 N–H and O–H groups in total. The minimum atomic E-state index is -0.426. The van der Waals surface area contributed by atoms with E-state index in [1.165, 1.54) is 19.2 Å². The molecule has 2 aromatic carbocycles. The normalized spacial score (nSPS) is 13.8. The lowest BCUT2D eigenvalue weighted by Crippen LogP contribution is -2.23. The second-order valence-corrected chi connectivity index (χ2v) is 5.80. The van der Waals surface area contributed by atoms with Crippen molar-refractivity contribution in [2.24, 2.45) is 0 Å². The minimum Gasteiger partial charge on any atom is -0.496 e. The molecule has 0 bridgehead atoms. The van der Waals surface area contributed by atoms with Crippen LogP contribution in [-0.2, 0) is 11.3 Å². The second kappa shape index (κ2) is 7.21. The molecule has 1 fully saturated rings. The van der Waals surface area contributed by atoms with E-state index in [0.29, 0.717) is 24.3 Å². The topological polar surface area (TPSA) is 84.7 Å². The number of nitro groups is 1. The number of nitro benzene ring substituents is 1. The Bertz CT molecular complexity index is 789. The summed E-state index contributed by atoms with van der Waals surface area (Å²) >= 11 is 0. The van der Waals surface area contributed by atoms with Crippen LogP contribution in [0.1, 0.15) is 18.4 Å². The second-order valence-electron chi connectivity index (χ2n) is 5.80. The van der Waals surface area contributed by atoms with Gasteiger partial charge in [-0.25, -0.2) is 0 Å². The monoisotopic (exact) mass is 341 g/mol. The van der Waals surface area contributed by atoms with E-state index < -0.39 is 4.92 Å². The molecule has 0 unspecified atom stereocenters. The highest BCUT2D eigenvalue weighted by molar-refractivity contribution is 5.95. The summed E-state index contributed by atoms with van der Waals surface area (Å²) in [6, 6.07) is 12.1. The Morgan fingerprint density at radius 3 is 2.60 bits per heavy atom. The molecular formula is C18H19N3O4. The number of hydrogen-bond donors (Lipinski definition) is 1. The first-order valence-electron chi connectivity index (χ1n) is 8.04. The summed E-state index contributed by atoms with van der Waals surface area (Å²) < 4.78 is 5.26. The van der Waals surface area contributed by atoms with Crippen molar-refractivity contribution in [2.75, 3.05) is 23.9 Å². The number of anilines is 2. The molecule has 0 radical (unpaired) electrons. The maximum atomic E-state index is 11.8. The van der Waals surface area contributed by atoms with Crippen molar-refractivity contribution >= 4 is 23.0 Å². The minimum absolute atomic E-state index is 0.0282. The molecule has 1 saturated heterocycles. The number of methoxy groups -OCH3 is 1. The van der Waals surface area contributed by atoms with Crippen molar-refractivity contribution < 1.29 is 14.5 Å². The fourth-order valence-electron chi connectivity index (χ4n) is 2.89. The smallest absolute Gasteiger partial charge is 0.270 e. The van der Waals surface area contributed by atoms with Crippen LogP contribution in [0.15, 0.2) is 42.5 Å². The third-order valence-corrected chi connectivity index (χ3v) is 4.21. The molecule has 1 amide bonds. The van der Waals surface area contributed by atoms with E-state index >= 15 is 0 Å². The maximum Gasteiger partial charge on any atom is 0.270 e.